The second-order valence-corrected chi connectivity index (χ2v) is 4.02. The van der Waals surface area contributed by atoms with E-state index in [1.54, 1.807) is 0 Å². The summed E-state index contributed by atoms with van der Waals surface area (Å²) in [7, 11) is 0. The molecule has 0 spiro atoms. The summed E-state index contributed by atoms with van der Waals surface area (Å²) in [5.74, 6) is 0.791. The largest absolute Gasteiger partial charge is 0.378 e. The molecule has 2 unspecified atom stereocenters. The second kappa shape index (κ2) is 5.58. The van der Waals surface area contributed by atoms with Gasteiger partial charge in [-0.05, 0) is 25.2 Å². The molecule has 0 aromatic carbocycles. The molecule has 1 aliphatic heterocycles. The zero-order valence-electron chi connectivity index (χ0n) is 8.51. The van der Waals surface area contributed by atoms with Crippen molar-refractivity contribution in [2.75, 3.05) is 6.61 Å². The van der Waals surface area contributed by atoms with Gasteiger partial charge in [0.2, 0.25) is 0 Å². The maximum Gasteiger partial charge on any atom is 0.0601 e. The molecule has 72 valence electrons. The molecule has 1 heterocycles. The molecule has 1 rings (SSSR count). The van der Waals surface area contributed by atoms with Crippen LogP contribution >= 0.6 is 0 Å². The molecular formula is C11H22O. The van der Waals surface area contributed by atoms with Crippen molar-refractivity contribution in [2.24, 2.45) is 5.92 Å². The molecule has 2 atom stereocenters. The SMILES string of the molecule is CCCCCC(C)C1CCCO1. The van der Waals surface area contributed by atoms with Gasteiger partial charge in [-0.2, -0.15) is 0 Å². The van der Waals surface area contributed by atoms with E-state index in [1.165, 1.54) is 38.5 Å². The summed E-state index contributed by atoms with van der Waals surface area (Å²) < 4.78 is 5.65. The lowest BCUT2D eigenvalue weighted by Crippen LogP contribution is -2.16. The summed E-state index contributed by atoms with van der Waals surface area (Å²) in [6.07, 6.45) is 8.63. The molecule has 12 heavy (non-hydrogen) atoms. The van der Waals surface area contributed by atoms with Gasteiger partial charge < -0.3 is 4.74 Å². The van der Waals surface area contributed by atoms with Gasteiger partial charge >= 0.3 is 0 Å². The summed E-state index contributed by atoms with van der Waals surface area (Å²) in [4.78, 5) is 0. The van der Waals surface area contributed by atoms with Crippen LogP contribution in [0.1, 0.15) is 52.4 Å². The molecular weight excluding hydrogens is 148 g/mol. The lowest BCUT2D eigenvalue weighted by Gasteiger charge is -2.17. The van der Waals surface area contributed by atoms with Gasteiger partial charge in [0.25, 0.3) is 0 Å². The van der Waals surface area contributed by atoms with E-state index >= 15 is 0 Å². The van der Waals surface area contributed by atoms with Crippen LogP contribution in [0.25, 0.3) is 0 Å². The number of hydrogen-bond donors (Lipinski definition) is 0. The minimum Gasteiger partial charge on any atom is -0.378 e. The van der Waals surface area contributed by atoms with Crippen molar-refractivity contribution >= 4 is 0 Å². The van der Waals surface area contributed by atoms with Crippen LogP contribution in [0.2, 0.25) is 0 Å². The molecule has 0 saturated carbocycles. The first-order valence-electron chi connectivity index (χ1n) is 5.46. The number of unbranched alkanes of at least 4 members (excludes halogenated alkanes) is 2. The van der Waals surface area contributed by atoms with Gasteiger partial charge in [-0.25, -0.2) is 0 Å². The van der Waals surface area contributed by atoms with Gasteiger partial charge in [-0.1, -0.05) is 33.1 Å². The van der Waals surface area contributed by atoms with Crippen LogP contribution in [-0.4, -0.2) is 12.7 Å². The molecule has 1 saturated heterocycles. The molecule has 0 N–H and O–H groups in total. The Morgan fingerprint density at radius 1 is 1.42 bits per heavy atom. The molecule has 0 aliphatic carbocycles. The van der Waals surface area contributed by atoms with Crippen LogP contribution in [0.5, 0.6) is 0 Å². The third kappa shape index (κ3) is 3.14. The van der Waals surface area contributed by atoms with E-state index in [1.807, 2.05) is 0 Å². The van der Waals surface area contributed by atoms with E-state index < -0.39 is 0 Å². The van der Waals surface area contributed by atoms with Crippen molar-refractivity contribution in [2.45, 2.75) is 58.5 Å². The minimum absolute atomic E-state index is 0.585. The average Bonchev–Trinajstić information content (AvgIpc) is 2.56. The zero-order valence-corrected chi connectivity index (χ0v) is 8.51. The molecule has 0 aromatic rings. The summed E-state index contributed by atoms with van der Waals surface area (Å²) in [6, 6.07) is 0. The topological polar surface area (TPSA) is 9.23 Å². The number of ether oxygens (including phenoxy) is 1. The predicted octanol–water partition coefficient (Wildman–Crippen LogP) is 3.38. The molecule has 1 nitrogen and oxygen atoms in total. The fraction of sp³-hybridized carbons (Fsp3) is 1.00. The van der Waals surface area contributed by atoms with E-state index in [4.69, 9.17) is 4.74 Å². The highest BCUT2D eigenvalue weighted by Crippen LogP contribution is 2.24. The number of hydrogen-bond acceptors (Lipinski definition) is 1. The lowest BCUT2D eigenvalue weighted by molar-refractivity contribution is 0.0654. The van der Waals surface area contributed by atoms with Crippen LogP contribution in [0.3, 0.4) is 0 Å². The normalized spacial score (nSPS) is 26.0. The summed E-state index contributed by atoms with van der Waals surface area (Å²) in [6.45, 7) is 5.60. The van der Waals surface area contributed by atoms with Gasteiger partial charge in [0.05, 0.1) is 6.10 Å². The van der Waals surface area contributed by atoms with Crippen molar-refractivity contribution in [1.82, 2.24) is 0 Å². The van der Waals surface area contributed by atoms with Gasteiger partial charge in [0.15, 0.2) is 0 Å². The van der Waals surface area contributed by atoms with Crippen molar-refractivity contribution in [1.29, 1.82) is 0 Å². The standard InChI is InChI=1S/C11H22O/c1-3-4-5-7-10(2)11-8-6-9-12-11/h10-11H,3-9H2,1-2H3. The number of rotatable bonds is 5. The Morgan fingerprint density at radius 2 is 2.25 bits per heavy atom. The van der Waals surface area contributed by atoms with Crippen molar-refractivity contribution in [3.8, 4) is 0 Å². The molecule has 1 heteroatoms. The van der Waals surface area contributed by atoms with Crippen LogP contribution < -0.4 is 0 Å². The van der Waals surface area contributed by atoms with Crippen LogP contribution in [0.4, 0.5) is 0 Å². The molecule has 0 bridgehead atoms. The van der Waals surface area contributed by atoms with E-state index in [0.29, 0.717) is 6.10 Å². The maximum atomic E-state index is 5.65. The minimum atomic E-state index is 0.585. The quantitative estimate of drug-likeness (QED) is 0.575. The predicted molar refractivity (Wildman–Crippen MR) is 52.3 cm³/mol. The average molecular weight is 170 g/mol. The highest BCUT2D eigenvalue weighted by atomic mass is 16.5. The third-order valence-corrected chi connectivity index (χ3v) is 2.86. The summed E-state index contributed by atoms with van der Waals surface area (Å²) in [5.41, 5.74) is 0. The molecule has 0 aromatic heterocycles. The molecule has 1 fully saturated rings. The van der Waals surface area contributed by atoms with E-state index in [0.717, 1.165) is 12.5 Å². The Balaban J connectivity index is 2.05. The molecule has 0 radical (unpaired) electrons. The van der Waals surface area contributed by atoms with Crippen molar-refractivity contribution in [3.05, 3.63) is 0 Å². The Hall–Kier alpha value is -0.0400. The molecule has 0 amide bonds. The first-order chi connectivity index (χ1) is 5.84. The lowest BCUT2D eigenvalue weighted by atomic mass is 9.96. The monoisotopic (exact) mass is 170 g/mol. The zero-order chi connectivity index (χ0) is 8.81. The first kappa shape index (κ1) is 10.0. The third-order valence-electron chi connectivity index (χ3n) is 2.86. The Bertz CT molecular complexity index is 106. The fourth-order valence-electron chi connectivity index (χ4n) is 1.95. The maximum absolute atomic E-state index is 5.65. The summed E-state index contributed by atoms with van der Waals surface area (Å²) in [5, 5.41) is 0. The van der Waals surface area contributed by atoms with Gasteiger partial charge in [0.1, 0.15) is 0 Å². The fourth-order valence-corrected chi connectivity index (χ4v) is 1.95. The highest BCUT2D eigenvalue weighted by molar-refractivity contribution is 4.71. The van der Waals surface area contributed by atoms with Crippen LogP contribution in [-0.2, 0) is 4.74 Å². The van der Waals surface area contributed by atoms with Gasteiger partial charge in [-0.15, -0.1) is 0 Å². The first-order valence-corrected chi connectivity index (χ1v) is 5.46. The van der Waals surface area contributed by atoms with Crippen molar-refractivity contribution < 1.29 is 4.74 Å². The molecule has 1 aliphatic rings. The Labute approximate surface area is 76.5 Å². The van der Waals surface area contributed by atoms with Gasteiger partial charge in [-0.3, -0.25) is 0 Å². The van der Waals surface area contributed by atoms with E-state index in [-0.39, 0.29) is 0 Å². The van der Waals surface area contributed by atoms with E-state index in [9.17, 15) is 0 Å². The second-order valence-electron chi connectivity index (χ2n) is 4.02. The van der Waals surface area contributed by atoms with Crippen LogP contribution in [0, 0.1) is 5.92 Å². The van der Waals surface area contributed by atoms with E-state index in [2.05, 4.69) is 13.8 Å². The Morgan fingerprint density at radius 3 is 2.83 bits per heavy atom. The summed E-state index contributed by atoms with van der Waals surface area (Å²) >= 11 is 0. The van der Waals surface area contributed by atoms with Gasteiger partial charge in [0, 0.05) is 6.61 Å². The Kier molecular flexibility index (Phi) is 4.67. The van der Waals surface area contributed by atoms with Crippen molar-refractivity contribution in [3.63, 3.8) is 0 Å². The smallest absolute Gasteiger partial charge is 0.0601 e. The van der Waals surface area contributed by atoms with Crippen LogP contribution in [0.15, 0.2) is 0 Å². The highest BCUT2D eigenvalue weighted by Gasteiger charge is 2.21.